The van der Waals surface area contributed by atoms with Gasteiger partial charge in [0.1, 0.15) is 0 Å². The fourth-order valence-electron chi connectivity index (χ4n) is 1.43. The van der Waals surface area contributed by atoms with Gasteiger partial charge in [-0.2, -0.15) is 0 Å². The van der Waals surface area contributed by atoms with E-state index in [4.69, 9.17) is 4.74 Å². The van der Waals surface area contributed by atoms with Crippen molar-refractivity contribution < 1.29 is 9.53 Å². The first-order chi connectivity index (χ1) is 8.26. The number of rotatable bonds is 6. The zero-order valence-electron chi connectivity index (χ0n) is 10.4. The van der Waals surface area contributed by atoms with Gasteiger partial charge in [-0.25, -0.2) is 4.79 Å². The van der Waals surface area contributed by atoms with Gasteiger partial charge in [-0.15, -0.1) is 0 Å². The van der Waals surface area contributed by atoms with E-state index in [9.17, 15) is 4.79 Å². The van der Waals surface area contributed by atoms with Crippen LogP contribution in [0.25, 0.3) is 6.08 Å². The van der Waals surface area contributed by atoms with Crippen LogP contribution in [-0.4, -0.2) is 19.1 Å². The quantitative estimate of drug-likeness (QED) is 0.605. The van der Waals surface area contributed by atoms with E-state index >= 15 is 0 Å². The van der Waals surface area contributed by atoms with E-state index < -0.39 is 0 Å². The molecule has 3 heteroatoms. The molecule has 1 aromatic rings. The van der Waals surface area contributed by atoms with Crippen LogP contribution in [0.3, 0.4) is 0 Å². The van der Waals surface area contributed by atoms with Crippen molar-refractivity contribution in [3.05, 3.63) is 41.5 Å². The first-order valence-corrected chi connectivity index (χ1v) is 5.90. The number of carbonyl (C=O) groups is 1. The van der Waals surface area contributed by atoms with Crippen LogP contribution in [0.4, 0.5) is 0 Å². The average Bonchev–Trinajstić information content (AvgIpc) is 2.35. The first-order valence-electron chi connectivity index (χ1n) is 5.90. The van der Waals surface area contributed by atoms with Gasteiger partial charge in [0.25, 0.3) is 0 Å². The smallest absolute Gasteiger partial charge is 0.330 e. The highest BCUT2D eigenvalue weighted by Gasteiger charge is 1.95. The summed E-state index contributed by atoms with van der Waals surface area (Å²) in [6.07, 6.45) is 3.23. The maximum Gasteiger partial charge on any atom is 0.330 e. The summed E-state index contributed by atoms with van der Waals surface area (Å²) in [6, 6.07) is 8.06. The Morgan fingerprint density at radius 2 is 2.24 bits per heavy atom. The summed E-state index contributed by atoms with van der Waals surface area (Å²) in [7, 11) is 0. The Balaban J connectivity index is 2.61. The molecule has 0 bridgehead atoms. The third kappa shape index (κ3) is 5.31. The topological polar surface area (TPSA) is 38.3 Å². The fourth-order valence-corrected chi connectivity index (χ4v) is 1.43. The van der Waals surface area contributed by atoms with Crippen LogP contribution >= 0.6 is 0 Å². The molecule has 0 aromatic heterocycles. The summed E-state index contributed by atoms with van der Waals surface area (Å²) >= 11 is 0. The molecule has 0 atom stereocenters. The molecule has 1 N–H and O–H groups in total. The minimum Gasteiger partial charge on any atom is -0.463 e. The van der Waals surface area contributed by atoms with E-state index in [-0.39, 0.29) is 5.97 Å². The van der Waals surface area contributed by atoms with E-state index in [1.165, 1.54) is 11.6 Å². The summed E-state index contributed by atoms with van der Waals surface area (Å²) in [4.78, 5) is 11.2. The van der Waals surface area contributed by atoms with Crippen LogP contribution in [0, 0.1) is 0 Å². The van der Waals surface area contributed by atoms with E-state index in [1.54, 1.807) is 13.0 Å². The average molecular weight is 233 g/mol. The fraction of sp³-hybridized carbons (Fsp3) is 0.357. The lowest BCUT2D eigenvalue weighted by molar-refractivity contribution is -0.137. The SMILES string of the molecule is CCNCc1cccc(C=CC(=O)OCC)c1. The molecule has 0 amide bonds. The molecule has 0 saturated carbocycles. The Morgan fingerprint density at radius 3 is 2.94 bits per heavy atom. The molecule has 0 saturated heterocycles. The minimum absolute atomic E-state index is 0.301. The summed E-state index contributed by atoms with van der Waals surface area (Å²) in [5.74, 6) is -0.301. The highest BCUT2D eigenvalue weighted by atomic mass is 16.5. The van der Waals surface area contributed by atoms with Gasteiger partial charge < -0.3 is 10.1 Å². The standard InChI is InChI=1S/C14H19NO2/c1-3-15-11-13-7-5-6-12(10-13)8-9-14(16)17-4-2/h5-10,15H,3-4,11H2,1-2H3. The summed E-state index contributed by atoms with van der Waals surface area (Å²) in [5.41, 5.74) is 2.21. The molecule has 0 radical (unpaired) electrons. The first kappa shape index (κ1) is 13.5. The van der Waals surface area contributed by atoms with Crippen molar-refractivity contribution in [3.8, 4) is 0 Å². The summed E-state index contributed by atoms with van der Waals surface area (Å²) in [5, 5.41) is 3.26. The van der Waals surface area contributed by atoms with Crippen molar-refractivity contribution in [3.63, 3.8) is 0 Å². The number of nitrogens with one attached hydrogen (secondary N) is 1. The molecule has 0 heterocycles. The lowest BCUT2D eigenvalue weighted by Crippen LogP contribution is -2.11. The van der Waals surface area contributed by atoms with Crippen LogP contribution in [0.15, 0.2) is 30.3 Å². The van der Waals surface area contributed by atoms with Gasteiger partial charge in [0, 0.05) is 12.6 Å². The van der Waals surface area contributed by atoms with Gasteiger partial charge in [0.2, 0.25) is 0 Å². The third-order valence-corrected chi connectivity index (χ3v) is 2.23. The van der Waals surface area contributed by atoms with Crippen molar-refractivity contribution in [2.75, 3.05) is 13.2 Å². The monoisotopic (exact) mass is 233 g/mol. The van der Waals surface area contributed by atoms with Crippen LogP contribution in [0.1, 0.15) is 25.0 Å². The normalized spacial score (nSPS) is 10.7. The molecule has 0 spiro atoms. The number of hydrogen-bond acceptors (Lipinski definition) is 3. The van der Waals surface area contributed by atoms with Gasteiger partial charge in [-0.3, -0.25) is 0 Å². The number of esters is 1. The van der Waals surface area contributed by atoms with Gasteiger partial charge in [0.15, 0.2) is 0 Å². The number of hydrogen-bond donors (Lipinski definition) is 1. The van der Waals surface area contributed by atoms with Gasteiger partial charge in [-0.05, 0) is 30.7 Å². The molecule has 92 valence electrons. The van der Waals surface area contributed by atoms with E-state index in [0.717, 1.165) is 18.7 Å². The lowest BCUT2D eigenvalue weighted by atomic mass is 10.1. The molecule has 0 unspecified atom stereocenters. The van der Waals surface area contributed by atoms with Crippen molar-refractivity contribution in [1.29, 1.82) is 0 Å². The lowest BCUT2D eigenvalue weighted by Gasteiger charge is -2.03. The Labute approximate surface area is 102 Å². The molecule has 1 rings (SSSR count). The molecule has 1 aromatic carbocycles. The largest absolute Gasteiger partial charge is 0.463 e. The predicted molar refractivity (Wildman–Crippen MR) is 69.5 cm³/mol. The second-order valence-corrected chi connectivity index (χ2v) is 3.61. The van der Waals surface area contributed by atoms with Gasteiger partial charge in [-0.1, -0.05) is 31.2 Å². The van der Waals surface area contributed by atoms with E-state index in [2.05, 4.69) is 24.4 Å². The number of carbonyl (C=O) groups excluding carboxylic acids is 1. The molecular formula is C14H19NO2. The second kappa shape index (κ2) is 7.63. The van der Waals surface area contributed by atoms with Crippen molar-refractivity contribution in [1.82, 2.24) is 5.32 Å². The predicted octanol–water partition coefficient (Wildman–Crippen LogP) is 2.37. The maximum absolute atomic E-state index is 11.2. The Kier molecular flexibility index (Phi) is 6.04. The van der Waals surface area contributed by atoms with Crippen molar-refractivity contribution in [2.24, 2.45) is 0 Å². The number of benzene rings is 1. The van der Waals surface area contributed by atoms with Gasteiger partial charge in [0.05, 0.1) is 6.61 Å². The van der Waals surface area contributed by atoms with Crippen LogP contribution in [-0.2, 0) is 16.1 Å². The Morgan fingerprint density at radius 1 is 1.41 bits per heavy atom. The van der Waals surface area contributed by atoms with Crippen LogP contribution in [0.2, 0.25) is 0 Å². The molecule has 0 aliphatic rings. The van der Waals surface area contributed by atoms with Gasteiger partial charge >= 0.3 is 5.97 Å². The molecule has 17 heavy (non-hydrogen) atoms. The summed E-state index contributed by atoms with van der Waals surface area (Å²) < 4.78 is 4.82. The van der Waals surface area contributed by atoms with Crippen molar-refractivity contribution >= 4 is 12.0 Å². The Hall–Kier alpha value is -1.61. The third-order valence-electron chi connectivity index (χ3n) is 2.23. The second-order valence-electron chi connectivity index (χ2n) is 3.61. The summed E-state index contributed by atoms with van der Waals surface area (Å²) in [6.45, 7) is 6.07. The van der Waals surface area contributed by atoms with Crippen LogP contribution in [0.5, 0.6) is 0 Å². The minimum atomic E-state index is -0.301. The van der Waals surface area contributed by atoms with E-state index in [0.29, 0.717) is 6.61 Å². The molecule has 0 aliphatic carbocycles. The molecule has 0 fully saturated rings. The molecular weight excluding hydrogens is 214 g/mol. The zero-order valence-corrected chi connectivity index (χ0v) is 10.4. The number of ether oxygens (including phenoxy) is 1. The van der Waals surface area contributed by atoms with E-state index in [1.807, 2.05) is 12.1 Å². The van der Waals surface area contributed by atoms with Crippen molar-refractivity contribution in [2.45, 2.75) is 20.4 Å². The zero-order chi connectivity index (χ0) is 12.5. The molecule has 3 nitrogen and oxygen atoms in total. The van der Waals surface area contributed by atoms with Crippen LogP contribution < -0.4 is 5.32 Å². The highest BCUT2D eigenvalue weighted by molar-refractivity contribution is 5.87. The Bertz CT molecular complexity index is 386. The highest BCUT2D eigenvalue weighted by Crippen LogP contribution is 2.07. The molecule has 0 aliphatic heterocycles. The maximum atomic E-state index is 11.2.